The Morgan fingerprint density at radius 3 is 2.71 bits per heavy atom. The van der Waals surface area contributed by atoms with Gasteiger partial charge in [-0.3, -0.25) is 0 Å². The summed E-state index contributed by atoms with van der Waals surface area (Å²) < 4.78 is 42.3. The predicted molar refractivity (Wildman–Crippen MR) is 69.6 cm³/mol. The van der Waals surface area contributed by atoms with Crippen molar-refractivity contribution in [3.63, 3.8) is 0 Å². The van der Waals surface area contributed by atoms with Gasteiger partial charge < -0.3 is 10.1 Å². The third-order valence-electron chi connectivity index (χ3n) is 2.44. The van der Waals surface area contributed by atoms with Crippen LogP contribution in [0.25, 0.3) is 0 Å². The van der Waals surface area contributed by atoms with Gasteiger partial charge in [0, 0.05) is 6.54 Å². The van der Waals surface area contributed by atoms with Crippen molar-refractivity contribution in [1.82, 2.24) is 5.32 Å². The summed E-state index contributed by atoms with van der Waals surface area (Å²) in [6.45, 7) is 1.74. The first-order valence-electron chi connectivity index (χ1n) is 6.07. The van der Waals surface area contributed by atoms with E-state index in [1.165, 1.54) is 12.1 Å². The summed E-state index contributed by atoms with van der Waals surface area (Å²) in [7, 11) is 0. The van der Waals surface area contributed by atoms with E-state index in [-0.39, 0.29) is 25.4 Å². The second kappa shape index (κ2) is 7.46. The van der Waals surface area contributed by atoms with Gasteiger partial charge >= 0.3 is 12.3 Å². The number of carbonyl (C=O) groups is 1. The molecule has 0 heterocycles. The maximum Gasteiger partial charge on any atom is 0.416 e. The predicted octanol–water partition coefficient (Wildman–Crippen LogP) is 2.94. The number of nitroso groups, excluding NO2 is 1. The van der Waals surface area contributed by atoms with Gasteiger partial charge in [0.25, 0.3) is 0 Å². The van der Waals surface area contributed by atoms with Crippen molar-refractivity contribution >= 4 is 11.8 Å². The summed E-state index contributed by atoms with van der Waals surface area (Å²) in [5.41, 5.74) is -0.891. The normalized spacial score (nSPS) is 10.9. The molecule has 0 aromatic heterocycles. The van der Waals surface area contributed by atoms with Crippen molar-refractivity contribution < 1.29 is 22.7 Å². The number of amides is 1. The Hall–Kier alpha value is -2.32. The monoisotopic (exact) mass is 305 g/mol. The Labute approximate surface area is 118 Å². The number of alkyl halides is 3. The smallest absolute Gasteiger partial charge is 0.416 e. The van der Waals surface area contributed by atoms with E-state index in [0.717, 1.165) is 17.1 Å². The molecule has 0 saturated heterocycles. The first-order chi connectivity index (χ1) is 9.88. The Morgan fingerprint density at radius 2 is 2.14 bits per heavy atom. The minimum absolute atomic E-state index is 0.000812. The molecule has 0 saturated carbocycles. The molecule has 0 spiro atoms. The van der Waals surface area contributed by atoms with E-state index in [1.54, 1.807) is 6.92 Å². The molecular weight excluding hydrogens is 291 g/mol. The largest absolute Gasteiger partial charge is 0.450 e. The van der Waals surface area contributed by atoms with Crippen LogP contribution < -0.4 is 10.3 Å². The lowest BCUT2D eigenvalue weighted by molar-refractivity contribution is -0.137. The van der Waals surface area contributed by atoms with E-state index in [1.807, 2.05) is 0 Å². The summed E-state index contributed by atoms with van der Waals surface area (Å²) in [6.07, 6.45) is -5.18. The molecule has 1 rings (SSSR count). The van der Waals surface area contributed by atoms with E-state index in [9.17, 15) is 22.9 Å². The highest BCUT2D eigenvalue weighted by Crippen LogP contribution is 2.31. The molecule has 0 bridgehead atoms. The van der Waals surface area contributed by atoms with Gasteiger partial charge in [0.15, 0.2) is 0 Å². The molecule has 0 fully saturated rings. The van der Waals surface area contributed by atoms with Crippen molar-refractivity contribution in [3.8, 4) is 0 Å². The van der Waals surface area contributed by atoms with Crippen LogP contribution in [0.2, 0.25) is 0 Å². The lowest BCUT2D eigenvalue weighted by Gasteiger charge is -2.17. The van der Waals surface area contributed by atoms with Gasteiger partial charge in [0.1, 0.15) is 0 Å². The van der Waals surface area contributed by atoms with E-state index in [2.05, 4.69) is 15.3 Å². The van der Waals surface area contributed by atoms with Crippen molar-refractivity contribution in [1.29, 1.82) is 0 Å². The van der Waals surface area contributed by atoms with E-state index in [0.29, 0.717) is 0 Å². The van der Waals surface area contributed by atoms with Crippen LogP contribution in [-0.4, -0.2) is 25.8 Å². The molecule has 1 N–H and O–H groups in total. The van der Waals surface area contributed by atoms with Gasteiger partial charge in [-0.1, -0.05) is 6.07 Å². The molecule has 1 aromatic carbocycles. The topological polar surface area (TPSA) is 71.0 Å². The summed E-state index contributed by atoms with van der Waals surface area (Å²) in [5, 5.41) is 5.81. The summed E-state index contributed by atoms with van der Waals surface area (Å²) in [4.78, 5) is 21.7. The molecule has 21 heavy (non-hydrogen) atoms. The number of anilines is 1. The zero-order valence-electron chi connectivity index (χ0n) is 11.2. The molecular formula is C12H14F3N3O3. The highest BCUT2D eigenvalue weighted by Gasteiger charge is 2.30. The second-order valence-electron chi connectivity index (χ2n) is 3.90. The third kappa shape index (κ3) is 5.28. The highest BCUT2D eigenvalue weighted by atomic mass is 19.4. The van der Waals surface area contributed by atoms with E-state index < -0.39 is 17.8 Å². The maximum absolute atomic E-state index is 12.6. The number of rotatable bonds is 6. The highest BCUT2D eigenvalue weighted by molar-refractivity contribution is 5.67. The number of nitrogens with zero attached hydrogens (tertiary/aromatic N) is 2. The summed E-state index contributed by atoms with van der Waals surface area (Å²) in [5.74, 6) is 0. The van der Waals surface area contributed by atoms with Crippen LogP contribution >= 0.6 is 0 Å². The van der Waals surface area contributed by atoms with Gasteiger partial charge in [-0.05, 0) is 25.1 Å². The third-order valence-corrected chi connectivity index (χ3v) is 2.44. The fraction of sp³-hybridized carbons (Fsp3) is 0.417. The lowest BCUT2D eigenvalue weighted by Crippen LogP contribution is -2.32. The first kappa shape index (κ1) is 16.7. The van der Waals surface area contributed by atoms with Crippen LogP contribution in [0.1, 0.15) is 12.5 Å². The number of nitrogens with one attached hydrogen (secondary N) is 1. The molecule has 0 radical (unpaired) electrons. The Kier molecular flexibility index (Phi) is 5.94. The number of hydrogen-bond acceptors (Lipinski definition) is 4. The van der Waals surface area contributed by atoms with Gasteiger partial charge in [-0.25, -0.2) is 9.80 Å². The van der Waals surface area contributed by atoms with Crippen LogP contribution in [0.4, 0.5) is 23.7 Å². The van der Waals surface area contributed by atoms with Crippen LogP contribution in [0, 0.1) is 4.91 Å². The van der Waals surface area contributed by atoms with Crippen LogP contribution in [0.15, 0.2) is 29.6 Å². The van der Waals surface area contributed by atoms with Crippen LogP contribution in [0.3, 0.4) is 0 Å². The Balaban J connectivity index is 2.68. The summed E-state index contributed by atoms with van der Waals surface area (Å²) >= 11 is 0. The molecule has 1 amide bonds. The number of benzene rings is 1. The van der Waals surface area contributed by atoms with Crippen LogP contribution in [-0.2, 0) is 10.9 Å². The fourth-order valence-electron chi connectivity index (χ4n) is 1.51. The first-order valence-corrected chi connectivity index (χ1v) is 6.07. The average molecular weight is 305 g/mol. The van der Waals surface area contributed by atoms with Crippen molar-refractivity contribution in [2.45, 2.75) is 13.1 Å². The fourth-order valence-corrected chi connectivity index (χ4v) is 1.51. The number of ether oxygens (including phenoxy) is 1. The van der Waals surface area contributed by atoms with Gasteiger partial charge in [0.05, 0.1) is 29.7 Å². The SMILES string of the molecule is CCOC(=O)NCCN(N=O)c1cccc(C(F)(F)F)c1. The lowest BCUT2D eigenvalue weighted by atomic mass is 10.2. The molecule has 1 aromatic rings. The Morgan fingerprint density at radius 1 is 1.43 bits per heavy atom. The Bertz CT molecular complexity index is 494. The minimum Gasteiger partial charge on any atom is -0.450 e. The average Bonchev–Trinajstić information content (AvgIpc) is 2.43. The zero-order chi connectivity index (χ0) is 15.9. The van der Waals surface area contributed by atoms with Crippen molar-refractivity contribution in [3.05, 3.63) is 34.7 Å². The van der Waals surface area contributed by atoms with Gasteiger partial charge in [0.2, 0.25) is 0 Å². The second-order valence-corrected chi connectivity index (χ2v) is 3.90. The minimum atomic E-state index is -4.51. The maximum atomic E-state index is 12.6. The molecule has 116 valence electrons. The van der Waals surface area contributed by atoms with Crippen molar-refractivity contribution in [2.75, 3.05) is 24.7 Å². The molecule has 0 unspecified atom stereocenters. The molecule has 6 nitrogen and oxygen atoms in total. The molecule has 0 aliphatic carbocycles. The molecule has 0 aliphatic rings. The zero-order valence-corrected chi connectivity index (χ0v) is 11.2. The van der Waals surface area contributed by atoms with Crippen molar-refractivity contribution in [2.24, 2.45) is 5.29 Å². The molecule has 0 aliphatic heterocycles. The van der Waals surface area contributed by atoms with Gasteiger partial charge in [-0.2, -0.15) is 13.2 Å². The number of halogens is 3. The van der Waals surface area contributed by atoms with Gasteiger partial charge in [-0.15, -0.1) is 4.91 Å². The van der Waals surface area contributed by atoms with Crippen LogP contribution in [0.5, 0.6) is 0 Å². The number of carbonyl (C=O) groups excluding carboxylic acids is 1. The molecule has 9 heteroatoms. The number of hydrogen-bond donors (Lipinski definition) is 1. The van der Waals surface area contributed by atoms with E-state index >= 15 is 0 Å². The standard InChI is InChI=1S/C12H14F3N3O3/c1-2-21-11(19)16-6-7-18(17-20)10-5-3-4-9(8-10)12(13,14)15/h3-5,8H,2,6-7H2,1H3,(H,16,19). The van der Waals surface area contributed by atoms with E-state index in [4.69, 9.17) is 0 Å². The summed E-state index contributed by atoms with van der Waals surface area (Å²) in [6, 6.07) is 4.20. The molecule has 0 atom stereocenters. The quantitative estimate of drug-likeness (QED) is 0.648. The number of alkyl carbamates (subject to hydrolysis) is 1.